The lowest BCUT2D eigenvalue weighted by Crippen LogP contribution is -3.13. The number of rotatable bonds is 6. The molecule has 0 atom stereocenters. The van der Waals surface area contributed by atoms with E-state index in [0.29, 0.717) is 24.0 Å². The van der Waals surface area contributed by atoms with Crippen LogP contribution in [-0.4, -0.2) is 60.2 Å². The molecular weight excluding hydrogens is 378 g/mol. The van der Waals surface area contributed by atoms with Crippen molar-refractivity contribution in [2.24, 2.45) is 0 Å². The Morgan fingerprint density at radius 3 is 2.17 bits per heavy atom. The first kappa shape index (κ1) is 20.3. The number of imide groups is 1. The number of nitrogens with zero attached hydrogens (tertiary/aromatic N) is 2. The minimum atomic E-state index is -0.253. The summed E-state index contributed by atoms with van der Waals surface area (Å²) in [6.07, 6.45) is 0.862. The summed E-state index contributed by atoms with van der Waals surface area (Å²) in [6, 6.07) is 15.3. The lowest BCUT2D eigenvalue weighted by Gasteiger charge is -2.32. The largest absolute Gasteiger partial charge is 0.331 e. The fourth-order valence-corrected chi connectivity index (χ4v) is 4.32. The van der Waals surface area contributed by atoms with E-state index in [1.54, 1.807) is 24.3 Å². The van der Waals surface area contributed by atoms with Crippen LogP contribution in [0.15, 0.2) is 48.5 Å². The highest BCUT2D eigenvalue weighted by Crippen LogP contribution is 2.22. The van der Waals surface area contributed by atoms with Gasteiger partial charge in [-0.25, -0.2) is 0 Å². The summed E-state index contributed by atoms with van der Waals surface area (Å²) in [5, 5.41) is 0. The van der Waals surface area contributed by atoms with Gasteiger partial charge in [-0.05, 0) is 31.0 Å². The molecule has 6 nitrogen and oxygen atoms in total. The molecule has 3 amide bonds. The van der Waals surface area contributed by atoms with E-state index in [2.05, 4.69) is 31.2 Å². The summed E-state index contributed by atoms with van der Waals surface area (Å²) in [6.45, 7) is 6.82. The third kappa shape index (κ3) is 4.14. The molecule has 6 heteroatoms. The molecule has 2 heterocycles. The van der Waals surface area contributed by atoms with Crippen molar-refractivity contribution >= 4 is 17.7 Å². The first-order valence-electron chi connectivity index (χ1n) is 10.7. The zero-order valence-electron chi connectivity index (χ0n) is 17.4. The fourth-order valence-electron chi connectivity index (χ4n) is 4.32. The number of hydrogen-bond acceptors (Lipinski definition) is 3. The molecule has 2 aromatic rings. The van der Waals surface area contributed by atoms with Crippen LogP contribution in [0.5, 0.6) is 0 Å². The molecule has 1 saturated heterocycles. The molecule has 2 aliphatic heterocycles. The van der Waals surface area contributed by atoms with E-state index >= 15 is 0 Å². The molecule has 4 rings (SSSR count). The molecule has 1 N–H and O–H groups in total. The van der Waals surface area contributed by atoms with Gasteiger partial charge in [-0.3, -0.25) is 19.3 Å². The van der Waals surface area contributed by atoms with Crippen molar-refractivity contribution in [3.8, 4) is 0 Å². The Hall–Kier alpha value is -2.99. The Morgan fingerprint density at radius 2 is 1.53 bits per heavy atom. The second-order valence-electron chi connectivity index (χ2n) is 8.15. The minimum Gasteiger partial charge on any atom is -0.331 e. The Balaban J connectivity index is 1.22. The smallest absolute Gasteiger partial charge is 0.261 e. The second kappa shape index (κ2) is 8.79. The number of benzene rings is 2. The molecule has 0 saturated carbocycles. The number of fused-ring (bicyclic) bond motifs is 1. The van der Waals surface area contributed by atoms with E-state index in [4.69, 9.17) is 0 Å². The molecule has 30 heavy (non-hydrogen) atoms. The van der Waals surface area contributed by atoms with Crippen molar-refractivity contribution in [3.05, 3.63) is 70.8 Å². The van der Waals surface area contributed by atoms with E-state index < -0.39 is 0 Å². The molecule has 0 bridgehead atoms. The maximum Gasteiger partial charge on any atom is 0.261 e. The van der Waals surface area contributed by atoms with Gasteiger partial charge >= 0.3 is 0 Å². The number of quaternary nitrogens is 1. The van der Waals surface area contributed by atoms with Crippen molar-refractivity contribution in [2.45, 2.75) is 26.3 Å². The average Bonchev–Trinajstić information content (AvgIpc) is 3.01. The normalized spacial score (nSPS) is 16.8. The first-order chi connectivity index (χ1) is 14.5. The first-order valence-corrected chi connectivity index (χ1v) is 10.7. The summed E-state index contributed by atoms with van der Waals surface area (Å²) < 4.78 is 0. The van der Waals surface area contributed by atoms with Crippen LogP contribution in [0, 0.1) is 6.92 Å². The number of hydrogen-bond donors (Lipinski definition) is 1. The van der Waals surface area contributed by atoms with Gasteiger partial charge in [-0.15, -0.1) is 0 Å². The van der Waals surface area contributed by atoms with Gasteiger partial charge in [0.1, 0.15) is 6.54 Å². The summed E-state index contributed by atoms with van der Waals surface area (Å²) in [4.78, 5) is 42.1. The van der Waals surface area contributed by atoms with Gasteiger partial charge < -0.3 is 9.80 Å². The molecule has 0 aromatic heterocycles. The van der Waals surface area contributed by atoms with Gasteiger partial charge in [0.15, 0.2) is 0 Å². The molecule has 0 radical (unpaired) electrons. The Bertz CT molecular complexity index is 929. The van der Waals surface area contributed by atoms with Crippen LogP contribution in [0.25, 0.3) is 0 Å². The molecule has 0 unspecified atom stereocenters. The fraction of sp³-hybridized carbons (Fsp3) is 0.375. The highest BCUT2D eigenvalue weighted by atomic mass is 16.2. The summed E-state index contributed by atoms with van der Waals surface area (Å²) in [7, 11) is 0. The maximum absolute atomic E-state index is 12.6. The number of nitrogens with one attached hydrogen (secondary N) is 1. The van der Waals surface area contributed by atoms with Crippen LogP contribution < -0.4 is 4.90 Å². The summed E-state index contributed by atoms with van der Waals surface area (Å²) >= 11 is 0. The minimum absolute atomic E-state index is 0.113. The number of piperazine rings is 1. The molecule has 1 fully saturated rings. The third-order valence-corrected chi connectivity index (χ3v) is 6.18. The van der Waals surface area contributed by atoms with E-state index in [1.807, 2.05) is 4.90 Å². The Labute approximate surface area is 177 Å². The molecule has 156 valence electrons. The van der Waals surface area contributed by atoms with Crippen LogP contribution in [-0.2, 0) is 11.3 Å². The lowest BCUT2D eigenvalue weighted by molar-refractivity contribution is -0.917. The van der Waals surface area contributed by atoms with E-state index in [1.165, 1.54) is 20.9 Å². The predicted octanol–water partition coefficient (Wildman–Crippen LogP) is 1.30. The van der Waals surface area contributed by atoms with E-state index in [-0.39, 0.29) is 24.3 Å². The Kier molecular flexibility index (Phi) is 5.95. The quantitative estimate of drug-likeness (QED) is 0.736. The standard InChI is InChI=1S/C24H27N3O3/c1-18-7-2-3-8-19(18)17-25-13-15-26(16-14-25)22(28)11-6-12-27-23(29)20-9-4-5-10-21(20)24(27)30/h2-5,7-10H,6,11-17H2,1H3/p+1. The van der Waals surface area contributed by atoms with Gasteiger partial charge in [0.05, 0.1) is 37.3 Å². The van der Waals surface area contributed by atoms with Crippen LogP contribution in [0.1, 0.15) is 44.7 Å². The van der Waals surface area contributed by atoms with Gasteiger partial charge in [0.2, 0.25) is 5.91 Å². The summed E-state index contributed by atoms with van der Waals surface area (Å²) in [5.41, 5.74) is 3.60. The van der Waals surface area contributed by atoms with Gasteiger partial charge in [0.25, 0.3) is 11.8 Å². The van der Waals surface area contributed by atoms with Crippen LogP contribution >= 0.6 is 0 Å². The SMILES string of the molecule is Cc1ccccc1C[NH+]1CCN(C(=O)CCCN2C(=O)c3ccccc3C2=O)CC1. The van der Waals surface area contributed by atoms with Crippen molar-refractivity contribution < 1.29 is 19.3 Å². The van der Waals surface area contributed by atoms with Crippen molar-refractivity contribution in [1.29, 1.82) is 0 Å². The Morgan fingerprint density at radius 1 is 0.933 bits per heavy atom. The van der Waals surface area contributed by atoms with Crippen molar-refractivity contribution in [1.82, 2.24) is 9.80 Å². The monoisotopic (exact) mass is 406 g/mol. The van der Waals surface area contributed by atoms with Crippen LogP contribution in [0.4, 0.5) is 0 Å². The van der Waals surface area contributed by atoms with Crippen molar-refractivity contribution in [2.75, 3.05) is 32.7 Å². The van der Waals surface area contributed by atoms with E-state index in [9.17, 15) is 14.4 Å². The molecule has 2 aromatic carbocycles. The number of amides is 3. The summed E-state index contributed by atoms with van der Waals surface area (Å²) in [5.74, 6) is -0.394. The number of carbonyl (C=O) groups is 3. The van der Waals surface area contributed by atoms with Crippen molar-refractivity contribution in [3.63, 3.8) is 0 Å². The zero-order chi connectivity index (χ0) is 21.1. The predicted molar refractivity (Wildman–Crippen MR) is 113 cm³/mol. The average molecular weight is 407 g/mol. The molecule has 0 spiro atoms. The molecule has 2 aliphatic rings. The third-order valence-electron chi connectivity index (χ3n) is 6.18. The van der Waals surface area contributed by atoms with E-state index in [0.717, 1.165) is 32.7 Å². The maximum atomic E-state index is 12.6. The molecule has 0 aliphatic carbocycles. The zero-order valence-corrected chi connectivity index (χ0v) is 17.4. The number of aryl methyl sites for hydroxylation is 1. The topological polar surface area (TPSA) is 62.1 Å². The van der Waals surface area contributed by atoms with Gasteiger partial charge in [-0.2, -0.15) is 0 Å². The van der Waals surface area contributed by atoms with Gasteiger partial charge in [-0.1, -0.05) is 36.4 Å². The highest BCUT2D eigenvalue weighted by Gasteiger charge is 2.34. The second-order valence-corrected chi connectivity index (χ2v) is 8.15. The number of carbonyl (C=O) groups excluding carboxylic acids is 3. The lowest BCUT2D eigenvalue weighted by atomic mass is 10.1. The van der Waals surface area contributed by atoms with Gasteiger partial charge in [0, 0.05) is 18.5 Å². The van der Waals surface area contributed by atoms with Crippen LogP contribution in [0.2, 0.25) is 0 Å². The highest BCUT2D eigenvalue weighted by molar-refractivity contribution is 6.21. The molecular formula is C24H28N3O3+. The van der Waals surface area contributed by atoms with Crippen LogP contribution in [0.3, 0.4) is 0 Å².